The lowest BCUT2D eigenvalue weighted by Crippen LogP contribution is -2.48. The van der Waals surface area contributed by atoms with Gasteiger partial charge in [0, 0.05) is 36.8 Å². The molecule has 3 saturated heterocycles. The summed E-state index contributed by atoms with van der Waals surface area (Å²) < 4.78 is 32.7. The van der Waals surface area contributed by atoms with E-state index in [1.54, 1.807) is 12.1 Å². The van der Waals surface area contributed by atoms with Crippen LogP contribution < -0.4 is 15.4 Å². The summed E-state index contributed by atoms with van der Waals surface area (Å²) in [6.07, 6.45) is 5.91. The number of hydrogen-bond acceptors (Lipinski definition) is 5. The highest BCUT2D eigenvalue weighted by Gasteiger charge is 2.35. The third-order valence-electron chi connectivity index (χ3n) is 5.92. The molecule has 1 aromatic rings. The number of carbonyl (C=O) groups excluding carboxylic acids is 1. The number of piperidine rings is 1. The van der Waals surface area contributed by atoms with Crippen molar-refractivity contribution >= 4 is 28.3 Å². The number of benzene rings is 1. The minimum absolute atomic E-state index is 0. The maximum atomic E-state index is 13.0. The van der Waals surface area contributed by atoms with E-state index in [0.29, 0.717) is 30.7 Å². The van der Waals surface area contributed by atoms with Crippen molar-refractivity contribution in [2.24, 2.45) is 0 Å². The Morgan fingerprint density at radius 3 is 2.43 bits per heavy atom. The monoisotopic (exact) mass is 429 g/mol. The molecule has 2 atom stereocenters. The van der Waals surface area contributed by atoms with Gasteiger partial charge in [0.2, 0.25) is 10.0 Å². The second-order valence-electron chi connectivity index (χ2n) is 7.76. The smallest absolute Gasteiger partial charge is 0.251 e. The van der Waals surface area contributed by atoms with E-state index < -0.39 is 10.0 Å². The standard InChI is InChI=1S/C19H27N3O4S.ClH/c1-26-17-7-4-13(10-18(17)27(24,25)22-8-2-3-9-22)19(23)21-16-11-14-5-6-15(12-16)20-14;/h4,7,10,14-16,20H,2-3,5-6,8-9,11-12H2,1H3,(H,21,23);1H. The molecule has 3 fully saturated rings. The van der Waals surface area contributed by atoms with Gasteiger partial charge in [-0.25, -0.2) is 8.42 Å². The average Bonchev–Trinajstić information content (AvgIpc) is 3.31. The SMILES string of the molecule is COc1ccc(C(=O)NC2CC3CCC(C2)N3)cc1S(=O)(=O)N1CCCC1.Cl. The first-order valence-corrected chi connectivity index (χ1v) is 11.2. The van der Waals surface area contributed by atoms with Gasteiger partial charge in [0.1, 0.15) is 10.6 Å². The van der Waals surface area contributed by atoms with Gasteiger partial charge in [0.15, 0.2) is 0 Å². The highest BCUT2D eigenvalue weighted by Crippen LogP contribution is 2.30. The van der Waals surface area contributed by atoms with Gasteiger partial charge < -0.3 is 15.4 Å². The summed E-state index contributed by atoms with van der Waals surface area (Å²) in [5.74, 6) is 0.0557. The largest absolute Gasteiger partial charge is 0.495 e. The molecule has 7 nitrogen and oxygen atoms in total. The van der Waals surface area contributed by atoms with Crippen LogP contribution in [0.15, 0.2) is 23.1 Å². The number of nitrogens with one attached hydrogen (secondary N) is 2. The normalized spacial score (nSPS) is 27.2. The predicted molar refractivity (Wildman–Crippen MR) is 109 cm³/mol. The summed E-state index contributed by atoms with van der Waals surface area (Å²) in [4.78, 5) is 12.8. The molecule has 0 aliphatic carbocycles. The molecule has 3 aliphatic rings. The van der Waals surface area contributed by atoms with Crippen molar-refractivity contribution in [3.63, 3.8) is 0 Å². The zero-order valence-corrected chi connectivity index (χ0v) is 17.7. The molecule has 0 spiro atoms. The predicted octanol–water partition coefficient (Wildman–Crippen LogP) is 1.91. The number of fused-ring (bicyclic) bond motifs is 2. The van der Waals surface area contributed by atoms with E-state index in [2.05, 4.69) is 10.6 Å². The number of ether oxygens (including phenoxy) is 1. The van der Waals surface area contributed by atoms with E-state index in [9.17, 15) is 13.2 Å². The molecule has 28 heavy (non-hydrogen) atoms. The quantitative estimate of drug-likeness (QED) is 0.746. The summed E-state index contributed by atoms with van der Waals surface area (Å²) in [6, 6.07) is 5.76. The van der Waals surface area contributed by atoms with Gasteiger partial charge in [0.05, 0.1) is 7.11 Å². The van der Waals surface area contributed by atoms with Crippen LogP contribution in [0.2, 0.25) is 0 Å². The van der Waals surface area contributed by atoms with Crippen molar-refractivity contribution in [2.45, 2.75) is 61.5 Å². The Bertz CT molecular complexity index is 814. The molecule has 0 aromatic heterocycles. The van der Waals surface area contributed by atoms with Crippen molar-refractivity contribution < 1.29 is 17.9 Å². The van der Waals surface area contributed by atoms with Crippen LogP contribution in [0, 0.1) is 0 Å². The van der Waals surface area contributed by atoms with E-state index in [1.807, 2.05) is 0 Å². The average molecular weight is 430 g/mol. The Morgan fingerprint density at radius 2 is 1.82 bits per heavy atom. The molecule has 2 bridgehead atoms. The minimum Gasteiger partial charge on any atom is -0.495 e. The first-order chi connectivity index (χ1) is 13.0. The highest BCUT2D eigenvalue weighted by molar-refractivity contribution is 7.89. The lowest BCUT2D eigenvalue weighted by molar-refractivity contribution is 0.0923. The summed E-state index contributed by atoms with van der Waals surface area (Å²) in [5.41, 5.74) is 0.361. The highest BCUT2D eigenvalue weighted by atomic mass is 35.5. The maximum Gasteiger partial charge on any atom is 0.251 e. The third kappa shape index (κ3) is 4.15. The Kier molecular flexibility index (Phi) is 6.54. The number of methoxy groups -OCH3 is 1. The lowest BCUT2D eigenvalue weighted by atomic mass is 9.99. The van der Waals surface area contributed by atoms with Gasteiger partial charge in [0.25, 0.3) is 5.91 Å². The van der Waals surface area contributed by atoms with Gasteiger partial charge in [-0.1, -0.05) is 0 Å². The fourth-order valence-corrected chi connectivity index (χ4v) is 6.23. The van der Waals surface area contributed by atoms with Crippen LogP contribution in [0.1, 0.15) is 48.9 Å². The van der Waals surface area contributed by atoms with Crippen LogP contribution in [0.3, 0.4) is 0 Å². The first-order valence-electron chi connectivity index (χ1n) is 9.72. The number of nitrogens with zero attached hydrogens (tertiary/aromatic N) is 1. The van der Waals surface area contributed by atoms with Crippen LogP contribution in [-0.4, -0.2) is 57.0 Å². The maximum absolute atomic E-state index is 13.0. The molecule has 156 valence electrons. The zero-order chi connectivity index (χ0) is 19.0. The summed E-state index contributed by atoms with van der Waals surface area (Å²) in [6.45, 7) is 1.03. The van der Waals surface area contributed by atoms with Gasteiger partial charge in [-0.15, -0.1) is 12.4 Å². The molecule has 3 aliphatic heterocycles. The zero-order valence-electron chi connectivity index (χ0n) is 16.0. The number of sulfonamides is 1. The molecule has 1 amide bonds. The summed E-state index contributed by atoms with van der Waals surface area (Å²) in [7, 11) is -2.21. The van der Waals surface area contributed by atoms with E-state index in [1.165, 1.54) is 17.5 Å². The Labute approximate surface area is 172 Å². The van der Waals surface area contributed by atoms with E-state index in [-0.39, 0.29) is 35.0 Å². The first kappa shape index (κ1) is 21.4. The summed E-state index contributed by atoms with van der Waals surface area (Å²) >= 11 is 0. The molecular formula is C19H28ClN3O4S. The fraction of sp³-hybridized carbons (Fsp3) is 0.632. The molecule has 2 N–H and O–H groups in total. The van der Waals surface area contributed by atoms with Crippen molar-refractivity contribution in [1.82, 2.24) is 14.9 Å². The number of rotatable bonds is 5. The van der Waals surface area contributed by atoms with Crippen LogP contribution in [0.5, 0.6) is 5.75 Å². The van der Waals surface area contributed by atoms with Crippen molar-refractivity contribution in [2.75, 3.05) is 20.2 Å². The van der Waals surface area contributed by atoms with Crippen LogP contribution in [-0.2, 0) is 10.0 Å². The molecule has 1 aromatic carbocycles. The third-order valence-corrected chi connectivity index (χ3v) is 7.84. The number of halogens is 1. The Hall–Kier alpha value is -1.35. The van der Waals surface area contributed by atoms with Gasteiger partial charge in [-0.2, -0.15) is 4.31 Å². The lowest BCUT2D eigenvalue weighted by Gasteiger charge is -2.29. The van der Waals surface area contributed by atoms with Crippen LogP contribution >= 0.6 is 12.4 Å². The van der Waals surface area contributed by atoms with E-state index in [0.717, 1.165) is 38.5 Å². The van der Waals surface area contributed by atoms with E-state index >= 15 is 0 Å². The fourth-order valence-electron chi connectivity index (χ4n) is 4.53. The Balaban J connectivity index is 0.00000225. The molecule has 0 radical (unpaired) electrons. The molecule has 9 heteroatoms. The van der Waals surface area contributed by atoms with Gasteiger partial charge in [-0.3, -0.25) is 4.79 Å². The van der Waals surface area contributed by atoms with Crippen molar-refractivity contribution in [3.8, 4) is 5.75 Å². The number of amides is 1. The molecular weight excluding hydrogens is 402 g/mol. The van der Waals surface area contributed by atoms with Crippen LogP contribution in [0.4, 0.5) is 0 Å². The van der Waals surface area contributed by atoms with Crippen molar-refractivity contribution in [3.05, 3.63) is 23.8 Å². The molecule has 3 heterocycles. The van der Waals surface area contributed by atoms with Gasteiger partial charge in [-0.05, 0) is 56.7 Å². The second kappa shape index (κ2) is 8.57. The Morgan fingerprint density at radius 1 is 1.18 bits per heavy atom. The van der Waals surface area contributed by atoms with E-state index in [4.69, 9.17) is 4.74 Å². The second-order valence-corrected chi connectivity index (χ2v) is 9.66. The van der Waals surface area contributed by atoms with Crippen LogP contribution in [0.25, 0.3) is 0 Å². The topological polar surface area (TPSA) is 87.7 Å². The number of hydrogen-bond donors (Lipinski definition) is 2. The molecule has 2 unspecified atom stereocenters. The molecule has 0 saturated carbocycles. The molecule has 4 rings (SSSR count). The summed E-state index contributed by atoms with van der Waals surface area (Å²) in [5, 5.41) is 6.65. The van der Waals surface area contributed by atoms with Crippen molar-refractivity contribution in [1.29, 1.82) is 0 Å². The number of carbonyl (C=O) groups is 1. The van der Waals surface area contributed by atoms with Gasteiger partial charge >= 0.3 is 0 Å². The minimum atomic E-state index is -3.66.